The van der Waals surface area contributed by atoms with E-state index in [1.807, 2.05) is 32.9 Å². The monoisotopic (exact) mass is 355 g/mol. The van der Waals surface area contributed by atoms with Crippen molar-refractivity contribution in [2.24, 2.45) is 0 Å². The number of amides is 1. The predicted octanol–water partition coefficient (Wildman–Crippen LogP) is 3.28. The minimum absolute atomic E-state index is 0.115. The molecule has 0 spiro atoms. The van der Waals surface area contributed by atoms with Crippen LogP contribution < -0.4 is 10.1 Å². The first-order valence-corrected chi connectivity index (χ1v) is 8.54. The predicted molar refractivity (Wildman–Crippen MR) is 100 cm³/mol. The van der Waals surface area contributed by atoms with Crippen LogP contribution in [0, 0.1) is 13.8 Å². The van der Waals surface area contributed by atoms with Crippen LogP contribution in [0.25, 0.3) is 0 Å². The van der Waals surface area contributed by atoms with E-state index < -0.39 is 5.97 Å². The molecular formula is C21H25NO4. The summed E-state index contributed by atoms with van der Waals surface area (Å²) >= 11 is 0. The van der Waals surface area contributed by atoms with Gasteiger partial charge < -0.3 is 14.8 Å². The Morgan fingerprint density at radius 3 is 2.35 bits per heavy atom. The van der Waals surface area contributed by atoms with Gasteiger partial charge in [-0.15, -0.1) is 0 Å². The van der Waals surface area contributed by atoms with Gasteiger partial charge in [-0.2, -0.15) is 0 Å². The third-order valence-electron chi connectivity index (χ3n) is 4.28. The molecule has 1 N–H and O–H groups in total. The first-order valence-electron chi connectivity index (χ1n) is 8.54. The molecule has 0 aromatic heterocycles. The Morgan fingerprint density at radius 1 is 1.04 bits per heavy atom. The number of benzene rings is 2. The van der Waals surface area contributed by atoms with Gasteiger partial charge in [0.05, 0.1) is 19.6 Å². The lowest BCUT2D eigenvalue weighted by atomic mass is 10.0. The Kier molecular flexibility index (Phi) is 6.78. The van der Waals surface area contributed by atoms with Crippen molar-refractivity contribution in [3.63, 3.8) is 0 Å². The minimum Gasteiger partial charge on any atom is -0.497 e. The van der Waals surface area contributed by atoms with Gasteiger partial charge in [0.1, 0.15) is 5.75 Å². The molecule has 0 fully saturated rings. The molecule has 5 heteroatoms. The van der Waals surface area contributed by atoms with E-state index >= 15 is 0 Å². The third kappa shape index (κ3) is 5.62. The maximum Gasteiger partial charge on any atom is 0.310 e. The van der Waals surface area contributed by atoms with Crippen LogP contribution in [-0.4, -0.2) is 25.6 Å². The zero-order chi connectivity index (χ0) is 19.1. The van der Waals surface area contributed by atoms with Gasteiger partial charge in [0.25, 0.3) is 5.91 Å². The number of carbonyl (C=O) groups is 2. The highest BCUT2D eigenvalue weighted by molar-refractivity contribution is 5.81. The zero-order valence-corrected chi connectivity index (χ0v) is 15.7. The van der Waals surface area contributed by atoms with Gasteiger partial charge in [-0.05, 0) is 55.2 Å². The number of nitrogens with one attached hydrogen (secondary N) is 1. The SMILES string of the molecule is COc1ccc(CC(=O)OCC(=O)N[C@H](C)c2ccc(C)c(C)c2)cc1. The van der Waals surface area contributed by atoms with Gasteiger partial charge in [0.15, 0.2) is 6.61 Å². The number of hydrogen-bond donors (Lipinski definition) is 1. The van der Waals surface area contributed by atoms with Crippen molar-refractivity contribution >= 4 is 11.9 Å². The normalized spacial score (nSPS) is 11.5. The van der Waals surface area contributed by atoms with E-state index in [1.165, 1.54) is 11.1 Å². The van der Waals surface area contributed by atoms with Crippen molar-refractivity contribution in [2.45, 2.75) is 33.2 Å². The fraction of sp³-hybridized carbons (Fsp3) is 0.333. The summed E-state index contributed by atoms with van der Waals surface area (Å²) in [6.07, 6.45) is 0.115. The van der Waals surface area contributed by atoms with Crippen LogP contribution in [0.1, 0.15) is 35.2 Å². The van der Waals surface area contributed by atoms with Crippen molar-refractivity contribution in [3.8, 4) is 5.75 Å². The molecule has 0 unspecified atom stereocenters. The summed E-state index contributed by atoms with van der Waals surface area (Å²) in [4.78, 5) is 23.9. The van der Waals surface area contributed by atoms with Crippen LogP contribution in [0.2, 0.25) is 0 Å². The van der Waals surface area contributed by atoms with E-state index in [0.29, 0.717) is 0 Å². The molecule has 0 saturated carbocycles. The summed E-state index contributed by atoms with van der Waals surface area (Å²) in [6, 6.07) is 13.1. The number of aryl methyl sites for hydroxylation is 2. The number of methoxy groups -OCH3 is 1. The van der Waals surface area contributed by atoms with E-state index in [0.717, 1.165) is 16.9 Å². The largest absolute Gasteiger partial charge is 0.497 e. The Bertz CT molecular complexity index is 768. The number of carbonyl (C=O) groups excluding carboxylic acids is 2. The third-order valence-corrected chi connectivity index (χ3v) is 4.28. The molecule has 0 radical (unpaired) electrons. The first kappa shape index (κ1) is 19.5. The van der Waals surface area contributed by atoms with Crippen LogP contribution in [-0.2, 0) is 20.7 Å². The molecule has 1 amide bonds. The average molecular weight is 355 g/mol. The van der Waals surface area contributed by atoms with Gasteiger partial charge >= 0.3 is 5.97 Å². The van der Waals surface area contributed by atoms with Crippen molar-refractivity contribution in [2.75, 3.05) is 13.7 Å². The molecule has 0 aliphatic heterocycles. The Morgan fingerprint density at radius 2 is 1.73 bits per heavy atom. The van der Waals surface area contributed by atoms with Gasteiger partial charge in [0.2, 0.25) is 0 Å². The molecule has 2 rings (SSSR count). The fourth-order valence-electron chi connectivity index (χ4n) is 2.51. The van der Waals surface area contributed by atoms with Crippen LogP contribution in [0.5, 0.6) is 5.75 Å². The molecule has 2 aromatic carbocycles. The molecule has 26 heavy (non-hydrogen) atoms. The summed E-state index contributed by atoms with van der Waals surface area (Å²) < 4.78 is 10.1. The maximum atomic E-state index is 12.0. The maximum absolute atomic E-state index is 12.0. The number of esters is 1. The number of rotatable bonds is 7. The smallest absolute Gasteiger partial charge is 0.310 e. The highest BCUT2D eigenvalue weighted by Gasteiger charge is 2.13. The summed E-state index contributed by atoms with van der Waals surface area (Å²) in [5, 5.41) is 2.84. The zero-order valence-electron chi connectivity index (χ0n) is 15.7. The highest BCUT2D eigenvalue weighted by atomic mass is 16.5. The lowest BCUT2D eigenvalue weighted by molar-refractivity contribution is -0.148. The van der Waals surface area contributed by atoms with E-state index in [2.05, 4.69) is 11.4 Å². The van der Waals surface area contributed by atoms with Crippen LogP contribution in [0.4, 0.5) is 0 Å². The molecule has 138 valence electrons. The first-order chi connectivity index (χ1) is 12.4. The molecule has 5 nitrogen and oxygen atoms in total. The molecule has 2 aromatic rings. The van der Waals surface area contributed by atoms with Crippen LogP contribution in [0.15, 0.2) is 42.5 Å². The summed E-state index contributed by atoms with van der Waals surface area (Å²) in [6.45, 7) is 5.70. The Balaban J connectivity index is 1.79. The van der Waals surface area contributed by atoms with Crippen molar-refractivity contribution in [3.05, 3.63) is 64.7 Å². The Hall–Kier alpha value is -2.82. The average Bonchev–Trinajstić information content (AvgIpc) is 2.63. The number of hydrogen-bond acceptors (Lipinski definition) is 4. The van der Waals surface area contributed by atoms with Crippen molar-refractivity contribution in [1.82, 2.24) is 5.32 Å². The molecule has 0 aliphatic carbocycles. The van der Waals surface area contributed by atoms with Crippen molar-refractivity contribution in [1.29, 1.82) is 0 Å². The fourth-order valence-corrected chi connectivity index (χ4v) is 2.51. The van der Waals surface area contributed by atoms with Gasteiger partial charge in [0, 0.05) is 0 Å². The second-order valence-electron chi connectivity index (χ2n) is 6.32. The molecule has 0 saturated heterocycles. The van der Waals surface area contributed by atoms with E-state index in [4.69, 9.17) is 9.47 Å². The molecule has 0 aliphatic rings. The molecule has 1 atom stereocenters. The van der Waals surface area contributed by atoms with Crippen molar-refractivity contribution < 1.29 is 19.1 Å². The lowest BCUT2D eigenvalue weighted by Gasteiger charge is -2.15. The van der Waals surface area contributed by atoms with Crippen LogP contribution in [0.3, 0.4) is 0 Å². The summed E-state index contributed by atoms with van der Waals surface area (Å²) in [7, 11) is 1.58. The highest BCUT2D eigenvalue weighted by Crippen LogP contribution is 2.16. The quantitative estimate of drug-likeness (QED) is 0.774. The lowest BCUT2D eigenvalue weighted by Crippen LogP contribution is -2.31. The second kappa shape index (κ2) is 9.04. The number of ether oxygens (including phenoxy) is 2. The second-order valence-corrected chi connectivity index (χ2v) is 6.32. The molecule has 0 heterocycles. The van der Waals surface area contributed by atoms with E-state index in [1.54, 1.807) is 31.4 Å². The van der Waals surface area contributed by atoms with Gasteiger partial charge in [-0.25, -0.2) is 0 Å². The molecule has 0 bridgehead atoms. The van der Waals surface area contributed by atoms with Gasteiger partial charge in [-0.3, -0.25) is 9.59 Å². The summed E-state index contributed by atoms with van der Waals surface area (Å²) in [5.74, 6) is -0.0372. The van der Waals surface area contributed by atoms with E-state index in [-0.39, 0.29) is 25.0 Å². The minimum atomic E-state index is -0.441. The Labute approximate surface area is 154 Å². The van der Waals surface area contributed by atoms with Crippen LogP contribution >= 0.6 is 0 Å². The molecular weight excluding hydrogens is 330 g/mol. The van der Waals surface area contributed by atoms with E-state index in [9.17, 15) is 9.59 Å². The van der Waals surface area contributed by atoms with Gasteiger partial charge in [-0.1, -0.05) is 30.3 Å². The topological polar surface area (TPSA) is 64.6 Å². The summed E-state index contributed by atoms with van der Waals surface area (Å²) in [5.41, 5.74) is 4.21. The standard InChI is InChI=1S/C21H25NO4/c1-14-5-8-18(11-15(14)2)16(3)22-20(23)13-26-21(24)12-17-6-9-19(25-4)10-7-17/h5-11,16H,12-13H2,1-4H3,(H,22,23)/t16-/m1/s1.